The van der Waals surface area contributed by atoms with Gasteiger partial charge >= 0.3 is 0 Å². The van der Waals surface area contributed by atoms with Crippen molar-refractivity contribution in [1.29, 1.82) is 0 Å². The van der Waals surface area contributed by atoms with E-state index in [0.29, 0.717) is 17.9 Å². The highest BCUT2D eigenvalue weighted by Gasteiger charge is 2.27. The first-order valence-electron chi connectivity index (χ1n) is 11.6. The van der Waals surface area contributed by atoms with Crippen molar-refractivity contribution in [2.75, 3.05) is 39.3 Å². The largest absolute Gasteiger partial charge is 0.491 e. The molecule has 5 nitrogen and oxygen atoms in total. The number of aliphatic hydroxyl groups is 1. The molecule has 0 aliphatic carbocycles. The molecule has 3 aromatic carbocycles. The lowest BCUT2D eigenvalue weighted by Gasteiger charge is -2.40. The van der Waals surface area contributed by atoms with Gasteiger partial charge in [-0.25, -0.2) is 0 Å². The summed E-state index contributed by atoms with van der Waals surface area (Å²) in [6.45, 7) is 6.04. The fraction of sp³-hybridized carbons (Fsp3) is 0.321. The molecule has 0 spiro atoms. The zero-order valence-corrected chi connectivity index (χ0v) is 19.1. The van der Waals surface area contributed by atoms with Crippen molar-refractivity contribution < 1.29 is 14.6 Å². The number of Topliss-reactive ketones (excluding diaryl/α,β-unsaturated/α-hetero) is 1. The first kappa shape index (κ1) is 23.2. The molecule has 3 aromatic rings. The summed E-state index contributed by atoms with van der Waals surface area (Å²) in [7, 11) is 0. The number of hydrogen-bond acceptors (Lipinski definition) is 5. The van der Waals surface area contributed by atoms with Gasteiger partial charge in [-0.3, -0.25) is 14.6 Å². The van der Waals surface area contributed by atoms with Gasteiger partial charge in [0.2, 0.25) is 0 Å². The normalized spacial score (nSPS) is 16.0. The summed E-state index contributed by atoms with van der Waals surface area (Å²) in [6, 6.07) is 28.6. The fourth-order valence-electron chi connectivity index (χ4n) is 4.42. The standard InChI is InChI=1S/C28H32N2O3/c1-22(31)23-12-14-27(15-13-23)33-21-26(32)20-29-16-18-30(19-17-29)28(24-8-4-2-5-9-24)25-10-6-3-7-11-25/h2-15,26,28,32H,16-21H2,1H3. The van der Waals surface area contributed by atoms with Crippen molar-refractivity contribution in [3.63, 3.8) is 0 Å². The zero-order chi connectivity index (χ0) is 23.0. The van der Waals surface area contributed by atoms with Crippen LogP contribution in [0.15, 0.2) is 84.9 Å². The molecule has 1 N–H and O–H groups in total. The van der Waals surface area contributed by atoms with E-state index in [1.807, 2.05) is 0 Å². The lowest BCUT2D eigenvalue weighted by molar-refractivity contribution is 0.0401. The van der Waals surface area contributed by atoms with E-state index in [0.717, 1.165) is 26.2 Å². The van der Waals surface area contributed by atoms with Crippen LogP contribution in [-0.4, -0.2) is 66.1 Å². The molecule has 4 rings (SSSR count). The first-order valence-corrected chi connectivity index (χ1v) is 11.6. The van der Waals surface area contributed by atoms with Crippen LogP contribution in [0.4, 0.5) is 0 Å². The molecule has 0 aromatic heterocycles. The summed E-state index contributed by atoms with van der Waals surface area (Å²) in [5, 5.41) is 10.5. The predicted molar refractivity (Wildman–Crippen MR) is 131 cm³/mol. The minimum atomic E-state index is -0.567. The number of benzene rings is 3. The molecule has 172 valence electrons. The van der Waals surface area contributed by atoms with Crippen LogP contribution in [0, 0.1) is 0 Å². The molecule has 0 amide bonds. The second-order valence-electron chi connectivity index (χ2n) is 8.61. The van der Waals surface area contributed by atoms with Gasteiger partial charge in [0, 0.05) is 38.3 Å². The van der Waals surface area contributed by atoms with E-state index < -0.39 is 6.10 Å². The molecule has 0 radical (unpaired) electrons. The van der Waals surface area contributed by atoms with Crippen LogP contribution in [0.25, 0.3) is 0 Å². The van der Waals surface area contributed by atoms with Gasteiger partial charge in [-0.05, 0) is 42.3 Å². The first-order chi connectivity index (χ1) is 16.1. The Bertz CT molecular complexity index is 961. The number of rotatable bonds is 9. The molecule has 33 heavy (non-hydrogen) atoms. The monoisotopic (exact) mass is 444 g/mol. The van der Waals surface area contributed by atoms with Crippen LogP contribution in [0.2, 0.25) is 0 Å². The van der Waals surface area contributed by atoms with Crippen LogP contribution < -0.4 is 4.74 Å². The molecule has 0 saturated carbocycles. The third-order valence-corrected chi connectivity index (χ3v) is 6.17. The number of hydrogen-bond donors (Lipinski definition) is 1. The summed E-state index contributed by atoms with van der Waals surface area (Å²) >= 11 is 0. The van der Waals surface area contributed by atoms with Crippen molar-refractivity contribution in [3.05, 3.63) is 102 Å². The average Bonchev–Trinajstić information content (AvgIpc) is 2.85. The topological polar surface area (TPSA) is 53.0 Å². The number of carbonyl (C=O) groups is 1. The Kier molecular flexibility index (Phi) is 7.89. The number of carbonyl (C=O) groups excluding carboxylic acids is 1. The number of piperazine rings is 1. The molecule has 1 unspecified atom stereocenters. The average molecular weight is 445 g/mol. The van der Waals surface area contributed by atoms with Crippen LogP contribution in [-0.2, 0) is 0 Å². The lowest BCUT2D eigenvalue weighted by Crippen LogP contribution is -2.50. The molecular formula is C28H32N2O3. The Hall–Kier alpha value is -2.99. The van der Waals surface area contributed by atoms with Crippen LogP contribution in [0.5, 0.6) is 5.75 Å². The van der Waals surface area contributed by atoms with Crippen molar-refractivity contribution in [1.82, 2.24) is 9.80 Å². The molecular weight excluding hydrogens is 412 g/mol. The molecule has 1 aliphatic heterocycles. The lowest BCUT2D eigenvalue weighted by atomic mass is 9.96. The number of ether oxygens (including phenoxy) is 1. The minimum Gasteiger partial charge on any atom is -0.491 e. The predicted octanol–water partition coefficient (Wildman–Crippen LogP) is 4.04. The van der Waals surface area contributed by atoms with E-state index >= 15 is 0 Å². The van der Waals surface area contributed by atoms with E-state index in [9.17, 15) is 9.90 Å². The van der Waals surface area contributed by atoms with Crippen LogP contribution in [0.1, 0.15) is 34.5 Å². The summed E-state index contributed by atoms with van der Waals surface area (Å²) in [6.07, 6.45) is -0.567. The Morgan fingerprint density at radius 2 is 1.39 bits per heavy atom. The zero-order valence-electron chi connectivity index (χ0n) is 19.1. The quantitative estimate of drug-likeness (QED) is 0.505. The molecule has 5 heteroatoms. The third kappa shape index (κ3) is 6.29. The second kappa shape index (κ2) is 11.2. The van der Waals surface area contributed by atoms with Crippen molar-refractivity contribution >= 4 is 5.78 Å². The smallest absolute Gasteiger partial charge is 0.159 e. The summed E-state index contributed by atoms with van der Waals surface area (Å²) in [4.78, 5) is 16.2. The summed E-state index contributed by atoms with van der Waals surface area (Å²) < 4.78 is 5.72. The Labute approximate surface area is 196 Å². The SMILES string of the molecule is CC(=O)c1ccc(OCC(O)CN2CCN(C(c3ccccc3)c3ccccc3)CC2)cc1. The number of nitrogens with zero attached hydrogens (tertiary/aromatic N) is 2. The molecule has 1 atom stereocenters. The maximum absolute atomic E-state index is 11.4. The van der Waals surface area contributed by atoms with Crippen LogP contribution >= 0.6 is 0 Å². The minimum absolute atomic E-state index is 0.0301. The van der Waals surface area contributed by atoms with Crippen LogP contribution in [0.3, 0.4) is 0 Å². The van der Waals surface area contributed by atoms with Gasteiger partial charge in [-0.2, -0.15) is 0 Å². The molecule has 1 aliphatic rings. The van der Waals surface area contributed by atoms with E-state index in [-0.39, 0.29) is 18.4 Å². The molecule has 1 heterocycles. The van der Waals surface area contributed by atoms with Gasteiger partial charge in [0.05, 0.1) is 6.04 Å². The summed E-state index contributed by atoms with van der Waals surface area (Å²) in [5.74, 6) is 0.694. The summed E-state index contributed by atoms with van der Waals surface area (Å²) in [5.41, 5.74) is 3.27. The Morgan fingerprint density at radius 3 is 1.91 bits per heavy atom. The van der Waals surface area contributed by atoms with Gasteiger partial charge < -0.3 is 9.84 Å². The Balaban J connectivity index is 1.30. The highest BCUT2D eigenvalue weighted by Crippen LogP contribution is 2.29. The van der Waals surface area contributed by atoms with E-state index in [2.05, 4.69) is 70.5 Å². The van der Waals surface area contributed by atoms with Gasteiger partial charge in [-0.15, -0.1) is 0 Å². The van der Waals surface area contributed by atoms with E-state index in [1.165, 1.54) is 11.1 Å². The molecule has 1 fully saturated rings. The highest BCUT2D eigenvalue weighted by atomic mass is 16.5. The maximum Gasteiger partial charge on any atom is 0.159 e. The van der Waals surface area contributed by atoms with Gasteiger partial charge in [0.1, 0.15) is 18.5 Å². The number of β-amino-alcohol motifs (C(OH)–C–C–N with tert-alkyl or cyclic N) is 1. The van der Waals surface area contributed by atoms with Gasteiger partial charge in [0.25, 0.3) is 0 Å². The van der Waals surface area contributed by atoms with Crippen molar-refractivity contribution in [3.8, 4) is 5.75 Å². The number of aliphatic hydroxyl groups excluding tert-OH is 1. The molecule has 1 saturated heterocycles. The van der Waals surface area contributed by atoms with E-state index in [4.69, 9.17) is 4.74 Å². The van der Waals surface area contributed by atoms with Gasteiger partial charge in [0.15, 0.2) is 5.78 Å². The van der Waals surface area contributed by atoms with E-state index in [1.54, 1.807) is 31.2 Å². The molecule has 0 bridgehead atoms. The third-order valence-electron chi connectivity index (χ3n) is 6.17. The second-order valence-corrected chi connectivity index (χ2v) is 8.61. The van der Waals surface area contributed by atoms with Crippen molar-refractivity contribution in [2.24, 2.45) is 0 Å². The van der Waals surface area contributed by atoms with Crippen molar-refractivity contribution in [2.45, 2.75) is 19.1 Å². The fourth-order valence-corrected chi connectivity index (χ4v) is 4.42. The highest BCUT2D eigenvalue weighted by molar-refractivity contribution is 5.94. The van der Waals surface area contributed by atoms with Gasteiger partial charge in [-0.1, -0.05) is 60.7 Å². The maximum atomic E-state index is 11.4. The number of ketones is 1. The Morgan fingerprint density at radius 1 is 0.848 bits per heavy atom.